The normalized spacial score (nSPS) is 11.1. The molecule has 0 spiro atoms. The number of rotatable bonds is 2. The Hall–Kier alpha value is -2.30. The summed E-state index contributed by atoms with van der Waals surface area (Å²) in [6.07, 6.45) is 2.67. The molecule has 1 aromatic carbocycles. The van der Waals surface area contributed by atoms with Crippen LogP contribution in [-0.2, 0) is 6.42 Å². The van der Waals surface area contributed by atoms with E-state index in [9.17, 15) is 0 Å². The van der Waals surface area contributed by atoms with Crippen molar-refractivity contribution in [2.24, 2.45) is 0 Å². The van der Waals surface area contributed by atoms with Gasteiger partial charge in [0.1, 0.15) is 5.82 Å². The van der Waals surface area contributed by atoms with Crippen molar-refractivity contribution in [2.75, 3.05) is 5.73 Å². The minimum atomic E-state index is 0.657. The van der Waals surface area contributed by atoms with E-state index in [0.717, 1.165) is 28.7 Å². The fraction of sp³-hybridized carbons (Fsp3) is 0.167. The van der Waals surface area contributed by atoms with Gasteiger partial charge in [0.25, 0.3) is 0 Å². The number of anilines is 1. The summed E-state index contributed by atoms with van der Waals surface area (Å²) in [7, 11) is 0. The maximum Gasteiger partial charge on any atom is 0.127 e. The topological polar surface area (TPSA) is 72.5 Å². The van der Waals surface area contributed by atoms with Gasteiger partial charge < -0.3 is 5.73 Å². The molecule has 5 nitrogen and oxygen atoms in total. The van der Waals surface area contributed by atoms with E-state index < -0.39 is 0 Å². The van der Waals surface area contributed by atoms with Crippen molar-refractivity contribution >= 4 is 16.7 Å². The van der Waals surface area contributed by atoms with Crippen LogP contribution >= 0.6 is 0 Å². The number of fused-ring (bicyclic) bond motifs is 1. The first-order valence-corrected chi connectivity index (χ1v) is 5.56. The number of nitrogens with one attached hydrogen (secondary N) is 1. The van der Waals surface area contributed by atoms with Gasteiger partial charge in [0.05, 0.1) is 23.1 Å². The number of benzene rings is 1. The van der Waals surface area contributed by atoms with E-state index in [2.05, 4.69) is 22.2 Å². The highest BCUT2D eigenvalue weighted by Crippen LogP contribution is 2.19. The van der Waals surface area contributed by atoms with Crippen molar-refractivity contribution in [3.05, 3.63) is 36.2 Å². The average Bonchev–Trinajstić information content (AvgIpc) is 2.93. The lowest BCUT2D eigenvalue weighted by Crippen LogP contribution is -2.01. The molecule has 86 valence electrons. The maximum absolute atomic E-state index is 5.95. The van der Waals surface area contributed by atoms with Crippen molar-refractivity contribution in [1.29, 1.82) is 0 Å². The van der Waals surface area contributed by atoms with E-state index in [0.29, 0.717) is 5.82 Å². The second-order valence-corrected chi connectivity index (χ2v) is 3.97. The molecule has 3 aromatic rings. The highest BCUT2D eigenvalue weighted by Gasteiger charge is 2.06. The second-order valence-electron chi connectivity index (χ2n) is 3.97. The molecule has 3 N–H and O–H groups in total. The number of nitrogens with two attached hydrogens (primary N) is 1. The van der Waals surface area contributed by atoms with E-state index in [1.165, 1.54) is 0 Å². The van der Waals surface area contributed by atoms with Crippen molar-refractivity contribution < 1.29 is 0 Å². The zero-order chi connectivity index (χ0) is 11.8. The van der Waals surface area contributed by atoms with Crippen molar-refractivity contribution in [1.82, 2.24) is 20.0 Å². The van der Waals surface area contributed by atoms with Crippen LogP contribution in [0.3, 0.4) is 0 Å². The molecule has 0 aliphatic carbocycles. The zero-order valence-corrected chi connectivity index (χ0v) is 9.51. The second kappa shape index (κ2) is 3.62. The third kappa shape index (κ3) is 1.56. The molecule has 0 aliphatic heterocycles. The molecule has 0 atom stereocenters. The van der Waals surface area contributed by atoms with E-state index in [1.807, 2.05) is 24.3 Å². The Morgan fingerprint density at radius 1 is 1.35 bits per heavy atom. The molecule has 0 amide bonds. The molecule has 17 heavy (non-hydrogen) atoms. The Morgan fingerprint density at radius 2 is 2.24 bits per heavy atom. The van der Waals surface area contributed by atoms with Crippen LogP contribution in [0.25, 0.3) is 16.6 Å². The summed E-state index contributed by atoms with van der Waals surface area (Å²) in [6, 6.07) is 7.87. The van der Waals surface area contributed by atoms with Crippen LogP contribution in [0, 0.1) is 0 Å². The smallest absolute Gasteiger partial charge is 0.127 e. The number of nitrogens with zero attached hydrogens (tertiary/aromatic N) is 3. The van der Waals surface area contributed by atoms with Gasteiger partial charge in [-0.05, 0) is 24.6 Å². The summed E-state index contributed by atoms with van der Waals surface area (Å²) in [5.74, 6) is 0.657. The molecule has 0 unspecified atom stereocenters. The molecule has 0 aliphatic rings. The quantitative estimate of drug-likeness (QED) is 0.702. The first-order valence-electron chi connectivity index (χ1n) is 5.56. The van der Waals surface area contributed by atoms with Crippen molar-refractivity contribution in [3.8, 4) is 5.69 Å². The van der Waals surface area contributed by atoms with Gasteiger partial charge in [-0.1, -0.05) is 6.92 Å². The van der Waals surface area contributed by atoms with Gasteiger partial charge in [-0.3, -0.25) is 5.10 Å². The summed E-state index contributed by atoms with van der Waals surface area (Å²) in [5, 5.41) is 12.4. The summed E-state index contributed by atoms with van der Waals surface area (Å²) in [4.78, 5) is 0. The number of hydrogen-bond donors (Lipinski definition) is 2. The number of aromatic nitrogens is 4. The van der Waals surface area contributed by atoms with E-state index in [4.69, 9.17) is 5.73 Å². The van der Waals surface area contributed by atoms with Crippen molar-refractivity contribution in [3.63, 3.8) is 0 Å². The van der Waals surface area contributed by atoms with Gasteiger partial charge in [0, 0.05) is 11.5 Å². The summed E-state index contributed by atoms with van der Waals surface area (Å²) < 4.78 is 1.76. The monoisotopic (exact) mass is 227 g/mol. The largest absolute Gasteiger partial charge is 0.384 e. The Morgan fingerprint density at radius 3 is 3.00 bits per heavy atom. The molecule has 2 heterocycles. The summed E-state index contributed by atoms with van der Waals surface area (Å²) >= 11 is 0. The van der Waals surface area contributed by atoms with E-state index >= 15 is 0 Å². The van der Waals surface area contributed by atoms with Crippen LogP contribution in [-0.4, -0.2) is 20.0 Å². The fourth-order valence-corrected chi connectivity index (χ4v) is 1.89. The van der Waals surface area contributed by atoms with Crippen molar-refractivity contribution in [2.45, 2.75) is 13.3 Å². The van der Waals surface area contributed by atoms with Crippen LogP contribution in [0.15, 0.2) is 30.5 Å². The lowest BCUT2D eigenvalue weighted by Gasteiger charge is -2.03. The predicted molar refractivity (Wildman–Crippen MR) is 67.0 cm³/mol. The summed E-state index contributed by atoms with van der Waals surface area (Å²) in [5.41, 5.74) is 8.90. The van der Waals surface area contributed by atoms with Gasteiger partial charge in [-0.2, -0.15) is 10.2 Å². The number of aryl methyl sites for hydroxylation is 1. The number of hydrogen-bond acceptors (Lipinski definition) is 3. The molecule has 0 saturated heterocycles. The molecule has 5 heteroatoms. The molecular formula is C12H13N5. The first kappa shape index (κ1) is 9.89. The molecule has 0 radical (unpaired) electrons. The fourth-order valence-electron chi connectivity index (χ4n) is 1.89. The van der Waals surface area contributed by atoms with Crippen LogP contribution in [0.2, 0.25) is 0 Å². The Kier molecular flexibility index (Phi) is 2.11. The summed E-state index contributed by atoms with van der Waals surface area (Å²) in [6.45, 7) is 2.06. The minimum absolute atomic E-state index is 0.657. The van der Waals surface area contributed by atoms with Crippen LogP contribution in [0.5, 0.6) is 0 Å². The number of aromatic amines is 1. The van der Waals surface area contributed by atoms with Gasteiger partial charge in [-0.25, -0.2) is 4.68 Å². The lowest BCUT2D eigenvalue weighted by atomic mass is 10.2. The molecule has 0 bridgehead atoms. The van der Waals surface area contributed by atoms with Gasteiger partial charge in [0.2, 0.25) is 0 Å². The van der Waals surface area contributed by atoms with Gasteiger partial charge in [0.15, 0.2) is 0 Å². The first-order chi connectivity index (χ1) is 8.28. The highest BCUT2D eigenvalue weighted by atomic mass is 15.3. The maximum atomic E-state index is 5.95. The minimum Gasteiger partial charge on any atom is -0.384 e. The Bertz CT molecular complexity index is 664. The Labute approximate surface area is 98.2 Å². The molecule has 0 saturated carbocycles. The lowest BCUT2D eigenvalue weighted by molar-refractivity contribution is 0.850. The number of H-pyrrole nitrogens is 1. The van der Waals surface area contributed by atoms with Crippen LogP contribution in [0.4, 0.5) is 5.82 Å². The third-order valence-corrected chi connectivity index (χ3v) is 2.82. The molecule has 3 rings (SSSR count). The third-order valence-electron chi connectivity index (χ3n) is 2.82. The van der Waals surface area contributed by atoms with Crippen LogP contribution < -0.4 is 5.73 Å². The van der Waals surface area contributed by atoms with Gasteiger partial charge >= 0.3 is 0 Å². The van der Waals surface area contributed by atoms with E-state index in [1.54, 1.807) is 10.9 Å². The molecule has 0 fully saturated rings. The predicted octanol–water partition coefficient (Wildman–Crippen LogP) is 1.89. The van der Waals surface area contributed by atoms with Crippen LogP contribution in [0.1, 0.15) is 12.6 Å². The average molecular weight is 227 g/mol. The number of nitrogen functional groups attached to an aromatic ring is 1. The highest BCUT2D eigenvalue weighted by molar-refractivity contribution is 5.80. The molecular weight excluding hydrogens is 214 g/mol. The standard InChI is InChI=1S/C12H13N5/c1-2-9-6-12(13)17(16-9)10-3-4-11-8(5-10)7-14-15-11/h3-7H,2,13H2,1H3,(H,14,15). The van der Waals surface area contributed by atoms with E-state index in [-0.39, 0.29) is 0 Å². The molecule has 2 aromatic heterocycles. The SMILES string of the molecule is CCc1cc(N)n(-c2ccc3[nH]ncc3c2)n1. The zero-order valence-electron chi connectivity index (χ0n) is 9.51. The van der Waals surface area contributed by atoms with Gasteiger partial charge in [-0.15, -0.1) is 0 Å². The Balaban J connectivity index is 2.15.